The molecule has 0 aliphatic carbocycles. The predicted molar refractivity (Wildman–Crippen MR) is 73.2 cm³/mol. The second-order valence-corrected chi connectivity index (χ2v) is 4.68. The molecule has 0 bridgehead atoms. The molecule has 0 spiro atoms. The van der Waals surface area contributed by atoms with Crippen molar-refractivity contribution in [3.63, 3.8) is 0 Å². The number of carbonyl (C=O) groups is 2. The third kappa shape index (κ3) is 2.85. The Kier molecular flexibility index (Phi) is 3.71. The number of primary amides is 1. The molecule has 5 heteroatoms. The van der Waals surface area contributed by atoms with Crippen LogP contribution in [0.5, 0.6) is 0 Å². The second-order valence-electron chi connectivity index (χ2n) is 4.25. The summed E-state index contributed by atoms with van der Waals surface area (Å²) >= 11 is 5.79. The van der Waals surface area contributed by atoms with Gasteiger partial charge in [-0.15, -0.1) is 0 Å². The van der Waals surface area contributed by atoms with Crippen LogP contribution in [0, 0.1) is 0 Å². The van der Waals surface area contributed by atoms with Crippen LogP contribution < -0.4 is 5.73 Å². The molecule has 1 heterocycles. The zero-order chi connectivity index (χ0) is 14.0. The first-order valence-corrected chi connectivity index (χ1v) is 6.10. The Bertz CT molecular complexity index is 629. The summed E-state index contributed by atoms with van der Waals surface area (Å²) in [7, 11) is 1.74. The fraction of sp³-hybridized carbons (Fsp3) is 0.143. The van der Waals surface area contributed by atoms with Crippen LogP contribution in [0.3, 0.4) is 0 Å². The van der Waals surface area contributed by atoms with Gasteiger partial charge in [-0.05, 0) is 36.4 Å². The molecule has 1 aromatic carbocycles. The molecule has 0 aliphatic rings. The van der Waals surface area contributed by atoms with Crippen molar-refractivity contribution >= 4 is 23.3 Å². The van der Waals surface area contributed by atoms with E-state index in [4.69, 9.17) is 17.3 Å². The smallest absolute Gasteiger partial charge is 0.223 e. The third-order valence-electron chi connectivity index (χ3n) is 2.92. The molecule has 2 rings (SSSR count). The SMILES string of the molecule is Cn1c(CC(N)=O)ccc1C(=O)c1ccc(Cl)cc1. The zero-order valence-corrected chi connectivity index (χ0v) is 11.1. The lowest BCUT2D eigenvalue weighted by molar-refractivity contribution is -0.117. The molecule has 4 nitrogen and oxygen atoms in total. The first-order chi connectivity index (χ1) is 8.99. The minimum Gasteiger partial charge on any atom is -0.369 e. The van der Waals surface area contributed by atoms with Crippen molar-refractivity contribution in [2.24, 2.45) is 12.8 Å². The van der Waals surface area contributed by atoms with Crippen molar-refractivity contribution in [1.29, 1.82) is 0 Å². The number of rotatable bonds is 4. The number of halogens is 1. The number of hydrogen-bond donors (Lipinski definition) is 1. The van der Waals surface area contributed by atoms with Crippen LogP contribution in [0.2, 0.25) is 5.02 Å². The summed E-state index contributed by atoms with van der Waals surface area (Å²) in [5.41, 5.74) is 6.93. The summed E-state index contributed by atoms with van der Waals surface area (Å²) in [5.74, 6) is -0.540. The van der Waals surface area contributed by atoms with E-state index in [0.717, 1.165) is 0 Å². The summed E-state index contributed by atoms with van der Waals surface area (Å²) in [4.78, 5) is 23.2. The number of nitrogens with two attached hydrogens (primary N) is 1. The highest BCUT2D eigenvalue weighted by Gasteiger charge is 2.15. The molecule has 2 aromatic rings. The Morgan fingerprint density at radius 2 is 1.79 bits per heavy atom. The molecule has 0 atom stereocenters. The third-order valence-corrected chi connectivity index (χ3v) is 3.17. The minimum atomic E-state index is -0.424. The van der Waals surface area contributed by atoms with Crippen LogP contribution in [0.15, 0.2) is 36.4 Å². The van der Waals surface area contributed by atoms with Crippen molar-refractivity contribution in [3.05, 3.63) is 58.4 Å². The Hall–Kier alpha value is -2.07. The lowest BCUT2D eigenvalue weighted by Crippen LogP contribution is -2.17. The topological polar surface area (TPSA) is 65.1 Å². The van der Waals surface area contributed by atoms with Gasteiger partial charge in [0.1, 0.15) is 0 Å². The number of carbonyl (C=O) groups excluding carboxylic acids is 2. The van der Waals surface area contributed by atoms with Gasteiger partial charge in [-0.3, -0.25) is 9.59 Å². The van der Waals surface area contributed by atoms with Gasteiger partial charge < -0.3 is 10.3 Å². The van der Waals surface area contributed by atoms with E-state index in [1.807, 2.05) is 0 Å². The standard InChI is InChI=1S/C14H13ClN2O2/c1-17-11(8-13(16)18)6-7-12(17)14(19)9-2-4-10(15)5-3-9/h2-7H,8H2,1H3,(H2,16,18). The van der Waals surface area contributed by atoms with Crippen molar-refractivity contribution in [1.82, 2.24) is 4.57 Å². The van der Waals surface area contributed by atoms with Crippen molar-refractivity contribution in [3.8, 4) is 0 Å². The molecule has 19 heavy (non-hydrogen) atoms. The van der Waals surface area contributed by atoms with E-state index in [1.54, 1.807) is 48.0 Å². The maximum Gasteiger partial charge on any atom is 0.223 e. The number of hydrogen-bond acceptors (Lipinski definition) is 2. The van der Waals surface area contributed by atoms with Crippen LogP contribution >= 0.6 is 11.6 Å². The molecule has 0 unspecified atom stereocenters. The monoisotopic (exact) mass is 276 g/mol. The highest BCUT2D eigenvalue weighted by atomic mass is 35.5. The first-order valence-electron chi connectivity index (χ1n) is 5.72. The number of aromatic nitrogens is 1. The van der Waals surface area contributed by atoms with E-state index in [1.165, 1.54) is 0 Å². The van der Waals surface area contributed by atoms with Crippen molar-refractivity contribution in [2.75, 3.05) is 0 Å². The van der Waals surface area contributed by atoms with Gasteiger partial charge in [-0.25, -0.2) is 0 Å². The average Bonchev–Trinajstić information content (AvgIpc) is 2.70. The molecule has 0 aliphatic heterocycles. The van der Waals surface area contributed by atoms with Crippen LogP contribution in [-0.2, 0) is 18.3 Å². The highest BCUT2D eigenvalue weighted by Crippen LogP contribution is 2.16. The Labute approximate surface area is 115 Å². The molecule has 98 valence electrons. The fourth-order valence-electron chi connectivity index (χ4n) is 1.89. The van der Waals surface area contributed by atoms with Gasteiger partial charge in [0.2, 0.25) is 11.7 Å². The second kappa shape index (κ2) is 5.28. The number of benzene rings is 1. The van der Waals surface area contributed by atoms with E-state index < -0.39 is 5.91 Å². The Morgan fingerprint density at radius 1 is 1.16 bits per heavy atom. The van der Waals surface area contributed by atoms with Gasteiger partial charge in [-0.1, -0.05) is 11.6 Å². The van der Waals surface area contributed by atoms with Gasteiger partial charge in [0.25, 0.3) is 0 Å². The molecular weight excluding hydrogens is 264 g/mol. The predicted octanol–water partition coefficient (Wildman–Crippen LogP) is 1.94. The van der Waals surface area contributed by atoms with Crippen molar-refractivity contribution in [2.45, 2.75) is 6.42 Å². The first kappa shape index (κ1) is 13.4. The van der Waals surface area contributed by atoms with Crippen LogP contribution in [0.25, 0.3) is 0 Å². The normalized spacial score (nSPS) is 10.4. The van der Waals surface area contributed by atoms with Crippen LogP contribution in [0.1, 0.15) is 21.7 Å². The van der Waals surface area contributed by atoms with E-state index in [2.05, 4.69) is 0 Å². The van der Waals surface area contributed by atoms with Crippen LogP contribution in [-0.4, -0.2) is 16.3 Å². The van der Waals surface area contributed by atoms with Gasteiger partial charge in [0.05, 0.1) is 12.1 Å². The molecule has 0 radical (unpaired) electrons. The van der Waals surface area contributed by atoms with Gasteiger partial charge in [-0.2, -0.15) is 0 Å². The number of ketones is 1. The summed E-state index contributed by atoms with van der Waals surface area (Å²) in [6.07, 6.45) is 0.115. The maximum absolute atomic E-state index is 12.3. The minimum absolute atomic E-state index is 0.115. The van der Waals surface area contributed by atoms with Crippen molar-refractivity contribution < 1.29 is 9.59 Å². The van der Waals surface area contributed by atoms with E-state index in [-0.39, 0.29) is 12.2 Å². The summed E-state index contributed by atoms with van der Waals surface area (Å²) < 4.78 is 1.68. The molecule has 0 saturated heterocycles. The quantitative estimate of drug-likeness (QED) is 0.867. The van der Waals surface area contributed by atoms with Gasteiger partial charge >= 0.3 is 0 Å². The average molecular weight is 277 g/mol. The van der Waals surface area contributed by atoms with E-state index in [0.29, 0.717) is 22.0 Å². The zero-order valence-electron chi connectivity index (χ0n) is 10.4. The number of amides is 1. The summed E-state index contributed by atoms with van der Waals surface area (Å²) in [6.45, 7) is 0. The van der Waals surface area contributed by atoms with E-state index in [9.17, 15) is 9.59 Å². The molecule has 0 saturated carbocycles. The van der Waals surface area contributed by atoms with Gasteiger partial charge in [0.15, 0.2) is 0 Å². The largest absolute Gasteiger partial charge is 0.369 e. The summed E-state index contributed by atoms with van der Waals surface area (Å²) in [6, 6.07) is 10.1. The molecular formula is C14H13ClN2O2. The molecule has 1 aromatic heterocycles. The maximum atomic E-state index is 12.3. The Morgan fingerprint density at radius 3 is 2.37 bits per heavy atom. The number of nitrogens with zero attached hydrogens (tertiary/aromatic N) is 1. The van der Waals surface area contributed by atoms with Crippen LogP contribution in [0.4, 0.5) is 0 Å². The Balaban J connectivity index is 2.32. The van der Waals surface area contributed by atoms with Gasteiger partial charge in [0, 0.05) is 23.3 Å². The summed E-state index contributed by atoms with van der Waals surface area (Å²) in [5, 5.41) is 0.581. The lowest BCUT2D eigenvalue weighted by Gasteiger charge is -2.06. The fourth-order valence-corrected chi connectivity index (χ4v) is 2.01. The molecule has 2 N–H and O–H groups in total. The molecule has 1 amide bonds. The van der Waals surface area contributed by atoms with E-state index >= 15 is 0 Å². The molecule has 0 fully saturated rings. The highest BCUT2D eigenvalue weighted by molar-refractivity contribution is 6.30. The lowest BCUT2D eigenvalue weighted by atomic mass is 10.1.